The van der Waals surface area contributed by atoms with Gasteiger partial charge < -0.3 is 16.2 Å². The minimum Gasteiger partial charge on any atom is -0.392 e. The minimum atomic E-state index is -0.623. The summed E-state index contributed by atoms with van der Waals surface area (Å²) in [6.07, 6.45) is -0.623. The molecule has 0 amide bonds. The Labute approximate surface area is 98.8 Å². The topological polar surface area (TPSA) is 114 Å². The third-order valence-electron chi connectivity index (χ3n) is 2.39. The molecular formula is C10H16N4O3. The van der Waals surface area contributed by atoms with Crippen LogP contribution in [0.4, 0.5) is 11.5 Å². The van der Waals surface area contributed by atoms with Crippen LogP contribution in [0.3, 0.4) is 0 Å². The standard InChI is InChI=1S/C10H16N4O3/c1-6-9(14(16)17)3-4-10(13-6)12-5-8(11)7(2)15/h3-4,7-8,15H,5,11H2,1-2H3,(H,12,13). The molecule has 2 unspecified atom stereocenters. The molecule has 0 saturated carbocycles. The van der Waals surface area contributed by atoms with Crippen LogP contribution in [0.1, 0.15) is 12.6 Å². The molecule has 0 aliphatic rings. The summed E-state index contributed by atoms with van der Waals surface area (Å²) in [5, 5.41) is 22.7. The zero-order valence-corrected chi connectivity index (χ0v) is 9.75. The summed E-state index contributed by atoms with van der Waals surface area (Å²) in [5.74, 6) is 0.504. The number of nitrogens with two attached hydrogens (primary N) is 1. The number of hydrogen-bond donors (Lipinski definition) is 3. The normalized spacial score (nSPS) is 14.1. The van der Waals surface area contributed by atoms with Gasteiger partial charge in [-0.3, -0.25) is 10.1 Å². The van der Waals surface area contributed by atoms with E-state index in [1.54, 1.807) is 13.8 Å². The Morgan fingerprint density at radius 3 is 2.76 bits per heavy atom. The second kappa shape index (κ2) is 5.55. The van der Waals surface area contributed by atoms with Crippen LogP contribution in [0.2, 0.25) is 0 Å². The van der Waals surface area contributed by atoms with E-state index in [4.69, 9.17) is 5.73 Å². The lowest BCUT2D eigenvalue weighted by Gasteiger charge is -2.15. The van der Waals surface area contributed by atoms with Crippen LogP contribution in [0.25, 0.3) is 0 Å². The third kappa shape index (κ3) is 3.65. The largest absolute Gasteiger partial charge is 0.392 e. The number of nitrogens with zero attached hydrogens (tertiary/aromatic N) is 2. The van der Waals surface area contributed by atoms with Gasteiger partial charge in [0.15, 0.2) is 0 Å². The van der Waals surface area contributed by atoms with E-state index in [1.165, 1.54) is 12.1 Å². The van der Waals surface area contributed by atoms with Gasteiger partial charge in [0.2, 0.25) is 0 Å². The molecule has 1 heterocycles. The molecule has 1 aromatic rings. The van der Waals surface area contributed by atoms with Crippen molar-refractivity contribution < 1.29 is 10.0 Å². The van der Waals surface area contributed by atoms with Crippen molar-refractivity contribution in [3.63, 3.8) is 0 Å². The molecule has 0 aromatic carbocycles. The van der Waals surface area contributed by atoms with Gasteiger partial charge in [-0.1, -0.05) is 0 Å². The van der Waals surface area contributed by atoms with Gasteiger partial charge in [0.1, 0.15) is 11.5 Å². The molecule has 0 spiro atoms. The van der Waals surface area contributed by atoms with Crippen molar-refractivity contribution in [2.24, 2.45) is 5.73 Å². The van der Waals surface area contributed by atoms with Crippen LogP contribution >= 0.6 is 0 Å². The molecule has 0 bridgehead atoms. The summed E-state index contributed by atoms with van der Waals surface area (Å²) < 4.78 is 0. The van der Waals surface area contributed by atoms with Crippen molar-refractivity contribution >= 4 is 11.5 Å². The van der Waals surface area contributed by atoms with Gasteiger partial charge in [0.05, 0.1) is 11.0 Å². The number of aryl methyl sites for hydroxylation is 1. The highest BCUT2D eigenvalue weighted by atomic mass is 16.6. The first-order valence-corrected chi connectivity index (χ1v) is 5.21. The van der Waals surface area contributed by atoms with E-state index in [9.17, 15) is 15.2 Å². The summed E-state index contributed by atoms with van der Waals surface area (Å²) in [4.78, 5) is 14.1. The molecule has 17 heavy (non-hydrogen) atoms. The number of aromatic nitrogens is 1. The smallest absolute Gasteiger partial charge is 0.290 e. The minimum absolute atomic E-state index is 0.0182. The number of rotatable bonds is 5. The fourth-order valence-electron chi connectivity index (χ4n) is 1.24. The Balaban J connectivity index is 2.68. The summed E-state index contributed by atoms with van der Waals surface area (Å²) in [6.45, 7) is 3.51. The predicted molar refractivity (Wildman–Crippen MR) is 63.8 cm³/mol. The third-order valence-corrected chi connectivity index (χ3v) is 2.39. The molecule has 94 valence electrons. The molecule has 0 fully saturated rings. The van der Waals surface area contributed by atoms with E-state index in [2.05, 4.69) is 10.3 Å². The number of hydrogen-bond acceptors (Lipinski definition) is 6. The number of aliphatic hydroxyl groups is 1. The summed E-state index contributed by atoms with van der Waals surface area (Å²) in [6, 6.07) is 2.49. The maximum Gasteiger partial charge on any atom is 0.290 e. The molecule has 7 heteroatoms. The van der Waals surface area contributed by atoms with Crippen LogP contribution < -0.4 is 11.1 Å². The Morgan fingerprint density at radius 2 is 2.29 bits per heavy atom. The van der Waals surface area contributed by atoms with Crippen molar-refractivity contribution in [2.75, 3.05) is 11.9 Å². The molecule has 2 atom stereocenters. The maximum absolute atomic E-state index is 10.6. The highest BCUT2D eigenvalue weighted by molar-refractivity contribution is 5.44. The van der Waals surface area contributed by atoms with Crippen LogP contribution in [-0.2, 0) is 0 Å². The highest BCUT2D eigenvalue weighted by Crippen LogP contribution is 2.17. The number of nitro groups is 1. The lowest BCUT2D eigenvalue weighted by Crippen LogP contribution is -2.38. The Hall–Kier alpha value is -1.73. The van der Waals surface area contributed by atoms with Gasteiger partial charge in [-0.15, -0.1) is 0 Å². The number of pyridine rings is 1. The summed E-state index contributed by atoms with van der Waals surface area (Å²) >= 11 is 0. The van der Waals surface area contributed by atoms with Gasteiger partial charge in [0.25, 0.3) is 5.69 Å². The molecular weight excluding hydrogens is 224 g/mol. The van der Waals surface area contributed by atoms with E-state index in [0.29, 0.717) is 18.1 Å². The molecule has 1 aromatic heterocycles. The zero-order valence-electron chi connectivity index (χ0n) is 9.75. The van der Waals surface area contributed by atoms with E-state index in [0.717, 1.165) is 0 Å². The van der Waals surface area contributed by atoms with Crippen molar-refractivity contribution in [3.8, 4) is 0 Å². The van der Waals surface area contributed by atoms with Gasteiger partial charge >= 0.3 is 0 Å². The Bertz CT molecular complexity index is 409. The second-order valence-electron chi connectivity index (χ2n) is 3.84. The molecule has 0 saturated heterocycles. The van der Waals surface area contributed by atoms with Crippen LogP contribution in [0.15, 0.2) is 12.1 Å². The average Bonchev–Trinajstić information content (AvgIpc) is 2.25. The number of aliphatic hydroxyl groups excluding tert-OH is 1. The highest BCUT2D eigenvalue weighted by Gasteiger charge is 2.13. The van der Waals surface area contributed by atoms with Gasteiger partial charge in [-0.2, -0.15) is 0 Å². The lowest BCUT2D eigenvalue weighted by atomic mass is 10.2. The molecule has 1 rings (SSSR count). The van der Waals surface area contributed by atoms with Crippen LogP contribution in [-0.4, -0.2) is 33.7 Å². The van der Waals surface area contributed by atoms with Gasteiger partial charge in [-0.25, -0.2) is 4.98 Å². The summed E-state index contributed by atoms with van der Waals surface area (Å²) in [5.41, 5.74) is 5.95. The first-order chi connectivity index (χ1) is 7.91. The maximum atomic E-state index is 10.6. The van der Waals surface area contributed by atoms with Crippen LogP contribution in [0, 0.1) is 17.0 Å². The van der Waals surface area contributed by atoms with E-state index in [1.807, 2.05) is 0 Å². The van der Waals surface area contributed by atoms with E-state index in [-0.39, 0.29) is 5.69 Å². The number of anilines is 1. The molecule has 0 radical (unpaired) electrons. The quantitative estimate of drug-likeness (QED) is 0.507. The van der Waals surface area contributed by atoms with Crippen LogP contribution in [0.5, 0.6) is 0 Å². The molecule has 0 aliphatic heterocycles. The van der Waals surface area contributed by atoms with Crippen molar-refractivity contribution in [3.05, 3.63) is 27.9 Å². The van der Waals surface area contributed by atoms with Gasteiger partial charge in [-0.05, 0) is 19.9 Å². The molecule has 0 aliphatic carbocycles. The monoisotopic (exact) mass is 240 g/mol. The average molecular weight is 240 g/mol. The zero-order chi connectivity index (χ0) is 13.0. The second-order valence-corrected chi connectivity index (χ2v) is 3.84. The Kier molecular flexibility index (Phi) is 4.36. The van der Waals surface area contributed by atoms with Crippen molar-refractivity contribution in [1.82, 2.24) is 4.98 Å². The fraction of sp³-hybridized carbons (Fsp3) is 0.500. The lowest BCUT2D eigenvalue weighted by molar-refractivity contribution is -0.385. The summed E-state index contributed by atoms with van der Waals surface area (Å²) in [7, 11) is 0. The first kappa shape index (κ1) is 13.3. The van der Waals surface area contributed by atoms with Crippen molar-refractivity contribution in [2.45, 2.75) is 26.0 Å². The number of nitrogens with one attached hydrogen (secondary N) is 1. The Morgan fingerprint density at radius 1 is 1.65 bits per heavy atom. The first-order valence-electron chi connectivity index (χ1n) is 5.21. The van der Waals surface area contributed by atoms with Gasteiger partial charge in [0, 0.05) is 18.7 Å². The SMILES string of the molecule is Cc1nc(NCC(N)C(C)O)ccc1[N+](=O)[O-]. The predicted octanol–water partition coefficient (Wildman–Crippen LogP) is 0.418. The van der Waals surface area contributed by atoms with E-state index >= 15 is 0 Å². The molecule has 7 nitrogen and oxygen atoms in total. The fourth-order valence-corrected chi connectivity index (χ4v) is 1.24. The van der Waals surface area contributed by atoms with E-state index < -0.39 is 17.1 Å². The van der Waals surface area contributed by atoms with Crippen molar-refractivity contribution in [1.29, 1.82) is 0 Å². The molecule has 4 N–H and O–H groups in total.